The number of ether oxygens (including phenoxy) is 4. The number of fused-ring (bicyclic) bond motifs is 1. The van der Waals surface area contributed by atoms with Crippen molar-refractivity contribution >= 4 is 39.7 Å². The molecule has 1 aliphatic rings. The van der Waals surface area contributed by atoms with Crippen molar-refractivity contribution in [3.05, 3.63) is 47.3 Å². The summed E-state index contributed by atoms with van der Waals surface area (Å²) in [4.78, 5) is 16.9. The molecule has 2 N–H and O–H groups in total. The van der Waals surface area contributed by atoms with Crippen molar-refractivity contribution in [2.24, 2.45) is 0 Å². The highest BCUT2D eigenvalue weighted by molar-refractivity contribution is 7.80. The number of aromatic nitrogens is 1. The Kier molecular flexibility index (Phi) is 5.68. The fourth-order valence-electron chi connectivity index (χ4n) is 2.80. The first-order chi connectivity index (χ1) is 14.6. The average Bonchev–Trinajstić information content (AvgIpc) is 3.41. The summed E-state index contributed by atoms with van der Waals surface area (Å²) in [5.41, 5.74) is 2.02. The number of carbonyl (C=O) groups is 1. The first kappa shape index (κ1) is 19.9. The smallest absolute Gasteiger partial charge is 0.257 e. The van der Waals surface area contributed by atoms with Gasteiger partial charge in [-0.2, -0.15) is 0 Å². The monoisotopic (exact) mass is 443 g/mol. The van der Waals surface area contributed by atoms with Crippen LogP contribution >= 0.6 is 23.6 Å². The molecule has 0 saturated carbocycles. The van der Waals surface area contributed by atoms with Crippen LogP contribution in [0.2, 0.25) is 0 Å². The van der Waals surface area contributed by atoms with Gasteiger partial charge in [0.2, 0.25) is 6.79 Å². The lowest BCUT2D eigenvalue weighted by Crippen LogP contribution is -2.34. The van der Waals surface area contributed by atoms with Crippen LogP contribution in [0.5, 0.6) is 23.0 Å². The molecule has 0 spiro atoms. The van der Waals surface area contributed by atoms with Crippen LogP contribution in [-0.2, 0) is 0 Å². The highest BCUT2D eigenvalue weighted by atomic mass is 32.1. The number of thiocarbonyl (C=S) groups is 1. The van der Waals surface area contributed by atoms with Crippen LogP contribution < -0.4 is 29.6 Å². The van der Waals surface area contributed by atoms with E-state index in [0.717, 1.165) is 11.3 Å². The van der Waals surface area contributed by atoms with Crippen molar-refractivity contribution in [3.8, 4) is 34.3 Å². The summed E-state index contributed by atoms with van der Waals surface area (Å²) in [6.45, 7) is 0.146. The fourth-order valence-corrected chi connectivity index (χ4v) is 3.78. The molecule has 0 unspecified atom stereocenters. The highest BCUT2D eigenvalue weighted by Crippen LogP contribution is 2.34. The number of anilines is 1. The standard InChI is InChI=1S/C20H17N3O5S2/c1-25-14-5-3-11(7-16(14)26-2)13-9-30-20(21-13)23-19(29)22-18(24)12-4-6-15-17(8-12)28-10-27-15/h3-9H,10H2,1-2H3,(H2,21,22,23,24,29). The van der Waals surface area contributed by atoms with Crippen LogP contribution in [0.3, 0.4) is 0 Å². The molecule has 0 atom stereocenters. The van der Waals surface area contributed by atoms with Gasteiger partial charge in [0, 0.05) is 16.5 Å². The Balaban J connectivity index is 1.41. The number of nitrogens with one attached hydrogen (secondary N) is 2. The van der Waals surface area contributed by atoms with E-state index in [1.807, 2.05) is 23.6 Å². The number of carbonyl (C=O) groups excluding carboxylic acids is 1. The maximum Gasteiger partial charge on any atom is 0.257 e. The maximum atomic E-state index is 12.4. The van der Waals surface area contributed by atoms with Crippen molar-refractivity contribution in [1.29, 1.82) is 0 Å². The summed E-state index contributed by atoms with van der Waals surface area (Å²) < 4.78 is 21.1. The molecule has 2 heterocycles. The second-order valence-corrected chi connectivity index (χ2v) is 7.35. The van der Waals surface area contributed by atoms with Crippen LogP contribution in [0.15, 0.2) is 41.8 Å². The number of hydrogen-bond acceptors (Lipinski definition) is 8. The lowest BCUT2D eigenvalue weighted by Gasteiger charge is -2.09. The fraction of sp³-hybridized carbons (Fsp3) is 0.150. The number of amides is 1. The van der Waals surface area contributed by atoms with E-state index in [4.69, 9.17) is 31.2 Å². The van der Waals surface area contributed by atoms with Crippen molar-refractivity contribution in [1.82, 2.24) is 10.3 Å². The molecule has 30 heavy (non-hydrogen) atoms. The Labute approximate surface area is 181 Å². The van der Waals surface area contributed by atoms with Crippen LogP contribution in [0.25, 0.3) is 11.3 Å². The summed E-state index contributed by atoms with van der Waals surface area (Å²) in [7, 11) is 3.16. The molecule has 0 saturated heterocycles. The quantitative estimate of drug-likeness (QED) is 0.577. The van der Waals surface area contributed by atoms with Crippen molar-refractivity contribution < 1.29 is 23.7 Å². The van der Waals surface area contributed by atoms with Gasteiger partial charge in [0.25, 0.3) is 5.91 Å². The predicted molar refractivity (Wildman–Crippen MR) is 117 cm³/mol. The van der Waals surface area contributed by atoms with E-state index in [0.29, 0.717) is 33.7 Å². The molecule has 8 nitrogen and oxygen atoms in total. The molecule has 10 heteroatoms. The SMILES string of the molecule is COc1ccc(-c2csc(NC(=S)NC(=O)c3ccc4c(c3)OCO4)n2)cc1OC. The van der Waals surface area contributed by atoms with Crippen molar-refractivity contribution in [2.45, 2.75) is 0 Å². The zero-order chi connectivity index (χ0) is 21.1. The van der Waals surface area contributed by atoms with Gasteiger partial charge in [-0.05, 0) is 48.6 Å². The highest BCUT2D eigenvalue weighted by Gasteiger charge is 2.17. The summed E-state index contributed by atoms with van der Waals surface area (Å²) in [6.07, 6.45) is 0. The summed E-state index contributed by atoms with van der Waals surface area (Å²) >= 11 is 6.61. The first-order valence-electron chi connectivity index (χ1n) is 8.77. The molecule has 1 aromatic heterocycles. The van der Waals surface area contributed by atoms with Crippen molar-refractivity contribution in [2.75, 3.05) is 26.3 Å². The lowest BCUT2D eigenvalue weighted by molar-refractivity contribution is 0.0977. The number of benzene rings is 2. The molecule has 0 fully saturated rings. The third-order valence-electron chi connectivity index (χ3n) is 4.27. The van der Waals surface area contributed by atoms with E-state index in [-0.39, 0.29) is 17.8 Å². The Morgan fingerprint density at radius 2 is 1.90 bits per heavy atom. The summed E-state index contributed by atoms with van der Waals surface area (Å²) in [5.74, 6) is 2.03. The normalized spacial score (nSPS) is 11.7. The number of methoxy groups -OCH3 is 2. The predicted octanol–water partition coefficient (Wildman–Crippen LogP) is 3.68. The molecule has 154 valence electrons. The Bertz CT molecular complexity index is 1120. The minimum atomic E-state index is -0.359. The van der Waals surface area contributed by atoms with Gasteiger partial charge in [0.1, 0.15) is 0 Å². The molecule has 2 aromatic carbocycles. The topological polar surface area (TPSA) is 90.9 Å². The molecule has 1 aliphatic heterocycles. The summed E-state index contributed by atoms with van der Waals surface area (Å²) in [6, 6.07) is 10.5. The Hall–Kier alpha value is -3.37. The van der Waals surface area contributed by atoms with Gasteiger partial charge in [-0.3, -0.25) is 10.1 Å². The number of nitrogens with zero attached hydrogens (tertiary/aromatic N) is 1. The van der Waals surface area contributed by atoms with Crippen LogP contribution in [0.1, 0.15) is 10.4 Å². The minimum Gasteiger partial charge on any atom is -0.493 e. The molecule has 4 rings (SSSR count). The maximum absolute atomic E-state index is 12.4. The number of thiazole rings is 1. The lowest BCUT2D eigenvalue weighted by atomic mass is 10.1. The number of rotatable bonds is 5. The second kappa shape index (κ2) is 8.56. The van der Waals surface area contributed by atoms with E-state index in [1.165, 1.54) is 11.3 Å². The molecule has 1 amide bonds. The van der Waals surface area contributed by atoms with Crippen LogP contribution in [0.4, 0.5) is 5.13 Å². The third-order valence-corrected chi connectivity index (χ3v) is 5.23. The second-order valence-electron chi connectivity index (χ2n) is 6.08. The zero-order valence-electron chi connectivity index (χ0n) is 16.1. The van der Waals surface area contributed by atoms with Gasteiger partial charge in [0.05, 0.1) is 19.9 Å². The third kappa shape index (κ3) is 4.14. The molecule has 0 aliphatic carbocycles. The van der Waals surface area contributed by atoms with Crippen LogP contribution in [-0.4, -0.2) is 37.0 Å². The van der Waals surface area contributed by atoms with E-state index < -0.39 is 0 Å². The summed E-state index contributed by atoms with van der Waals surface area (Å²) in [5, 5.41) is 8.14. The van der Waals surface area contributed by atoms with E-state index in [2.05, 4.69) is 15.6 Å². The average molecular weight is 444 g/mol. The van der Waals surface area contributed by atoms with Crippen LogP contribution in [0, 0.1) is 0 Å². The molecular formula is C20H17N3O5S2. The van der Waals surface area contributed by atoms with Gasteiger partial charge >= 0.3 is 0 Å². The first-order valence-corrected chi connectivity index (χ1v) is 10.1. The molecule has 3 aromatic rings. The Morgan fingerprint density at radius 1 is 1.10 bits per heavy atom. The van der Waals surface area contributed by atoms with Gasteiger partial charge in [-0.25, -0.2) is 4.98 Å². The Morgan fingerprint density at radius 3 is 2.70 bits per heavy atom. The van der Waals surface area contributed by atoms with E-state index >= 15 is 0 Å². The minimum absolute atomic E-state index is 0.144. The van der Waals surface area contributed by atoms with Gasteiger partial charge < -0.3 is 24.3 Å². The largest absolute Gasteiger partial charge is 0.493 e. The molecule has 0 radical (unpaired) electrons. The van der Waals surface area contributed by atoms with Gasteiger partial charge in [-0.1, -0.05) is 0 Å². The van der Waals surface area contributed by atoms with Gasteiger partial charge in [0.15, 0.2) is 33.2 Å². The molecular weight excluding hydrogens is 426 g/mol. The van der Waals surface area contributed by atoms with E-state index in [9.17, 15) is 4.79 Å². The van der Waals surface area contributed by atoms with Crippen molar-refractivity contribution in [3.63, 3.8) is 0 Å². The zero-order valence-corrected chi connectivity index (χ0v) is 17.7. The number of hydrogen-bond donors (Lipinski definition) is 2. The van der Waals surface area contributed by atoms with Gasteiger partial charge in [-0.15, -0.1) is 11.3 Å². The van der Waals surface area contributed by atoms with E-state index in [1.54, 1.807) is 32.4 Å². The molecule has 0 bridgehead atoms.